The Morgan fingerprint density at radius 1 is 1.57 bits per heavy atom. The zero-order chi connectivity index (χ0) is 9.97. The lowest BCUT2D eigenvalue weighted by Crippen LogP contribution is -2.23. The highest BCUT2D eigenvalue weighted by Gasteiger charge is 2.25. The van der Waals surface area contributed by atoms with Crippen molar-refractivity contribution in [2.75, 3.05) is 13.1 Å². The Morgan fingerprint density at radius 2 is 2.43 bits per heavy atom. The fraction of sp³-hybridized carbons (Fsp3) is 0.583. The molecule has 2 heteroatoms. The second-order valence-electron chi connectivity index (χ2n) is 4.02. The van der Waals surface area contributed by atoms with E-state index in [0.29, 0.717) is 6.04 Å². The second kappa shape index (κ2) is 4.09. The van der Waals surface area contributed by atoms with Crippen molar-refractivity contribution < 1.29 is 0 Å². The third kappa shape index (κ3) is 1.67. The Bertz CT molecular complexity index is 309. The van der Waals surface area contributed by atoms with E-state index in [2.05, 4.69) is 29.8 Å². The minimum atomic E-state index is 0.619. The normalized spacial score (nSPS) is 22.9. The van der Waals surface area contributed by atoms with E-state index in [1.165, 1.54) is 30.5 Å². The van der Waals surface area contributed by atoms with Crippen LogP contribution >= 0.6 is 0 Å². The predicted molar refractivity (Wildman–Crippen MR) is 58.2 cm³/mol. The number of hydrogen-bond donors (Lipinski definition) is 0. The van der Waals surface area contributed by atoms with Crippen molar-refractivity contribution in [2.24, 2.45) is 0 Å². The van der Waals surface area contributed by atoms with Gasteiger partial charge in [-0.2, -0.15) is 0 Å². The lowest BCUT2D eigenvalue weighted by Gasteiger charge is -2.23. The topological polar surface area (TPSA) is 16.1 Å². The first-order chi connectivity index (χ1) is 6.83. The minimum Gasteiger partial charge on any atom is -0.297 e. The van der Waals surface area contributed by atoms with Crippen LogP contribution in [0.25, 0.3) is 0 Å². The van der Waals surface area contributed by atoms with Gasteiger partial charge in [0, 0.05) is 18.4 Å². The Balaban J connectivity index is 2.26. The summed E-state index contributed by atoms with van der Waals surface area (Å²) in [6.45, 7) is 6.82. The predicted octanol–water partition coefficient (Wildman–Crippen LogP) is 2.55. The van der Waals surface area contributed by atoms with Gasteiger partial charge in [-0.1, -0.05) is 6.92 Å². The van der Waals surface area contributed by atoms with Crippen molar-refractivity contribution in [1.29, 1.82) is 0 Å². The Labute approximate surface area is 86.0 Å². The summed E-state index contributed by atoms with van der Waals surface area (Å²) in [5.74, 6) is 0. The third-order valence-corrected chi connectivity index (χ3v) is 3.21. The highest BCUT2D eigenvalue weighted by Crippen LogP contribution is 2.32. The highest BCUT2D eigenvalue weighted by molar-refractivity contribution is 5.25. The maximum Gasteiger partial charge on any atom is 0.0366 e. The number of pyridine rings is 1. The van der Waals surface area contributed by atoms with Gasteiger partial charge in [-0.05, 0) is 50.0 Å². The van der Waals surface area contributed by atoms with Crippen LogP contribution in [0, 0.1) is 6.92 Å². The summed E-state index contributed by atoms with van der Waals surface area (Å²) in [4.78, 5) is 6.78. The molecule has 1 fully saturated rings. The third-order valence-electron chi connectivity index (χ3n) is 3.21. The molecule has 0 aromatic carbocycles. The van der Waals surface area contributed by atoms with E-state index in [0.717, 1.165) is 6.54 Å². The van der Waals surface area contributed by atoms with Crippen LogP contribution in [0.3, 0.4) is 0 Å². The Kier molecular flexibility index (Phi) is 2.82. The number of aromatic nitrogens is 1. The molecule has 0 N–H and O–H groups in total. The average Bonchev–Trinajstić information content (AvgIpc) is 2.66. The van der Waals surface area contributed by atoms with Crippen LogP contribution in [0.2, 0.25) is 0 Å². The lowest BCUT2D eigenvalue weighted by atomic mass is 10.0. The summed E-state index contributed by atoms with van der Waals surface area (Å²) >= 11 is 0. The van der Waals surface area contributed by atoms with Crippen LogP contribution in [0.15, 0.2) is 18.5 Å². The van der Waals surface area contributed by atoms with Gasteiger partial charge in [0.2, 0.25) is 0 Å². The van der Waals surface area contributed by atoms with E-state index >= 15 is 0 Å². The summed E-state index contributed by atoms with van der Waals surface area (Å²) in [5, 5.41) is 0. The average molecular weight is 190 g/mol. The van der Waals surface area contributed by atoms with Crippen LogP contribution in [-0.2, 0) is 0 Å². The molecule has 0 spiro atoms. The van der Waals surface area contributed by atoms with E-state index in [9.17, 15) is 0 Å². The quantitative estimate of drug-likeness (QED) is 0.712. The molecule has 1 saturated heterocycles. The Morgan fingerprint density at radius 3 is 3.14 bits per heavy atom. The standard InChI is InChI=1S/C12H18N2/c1-3-14-8-4-5-12(14)11-9-13-7-6-10(11)2/h6-7,9,12H,3-5,8H2,1-2H3/t12-/m0/s1. The summed E-state index contributed by atoms with van der Waals surface area (Å²) in [7, 11) is 0. The minimum absolute atomic E-state index is 0.619. The molecule has 0 amide bonds. The van der Waals surface area contributed by atoms with Crippen molar-refractivity contribution in [2.45, 2.75) is 32.7 Å². The number of likely N-dealkylation sites (tertiary alicyclic amines) is 1. The molecule has 1 aliphatic heterocycles. The molecule has 2 rings (SSSR count). The first kappa shape index (κ1) is 9.66. The second-order valence-corrected chi connectivity index (χ2v) is 4.02. The molecule has 1 aromatic heterocycles. The molecule has 14 heavy (non-hydrogen) atoms. The number of hydrogen-bond acceptors (Lipinski definition) is 2. The molecule has 0 bridgehead atoms. The van der Waals surface area contributed by atoms with Crippen molar-refractivity contribution in [3.8, 4) is 0 Å². The zero-order valence-corrected chi connectivity index (χ0v) is 9.03. The lowest BCUT2D eigenvalue weighted by molar-refractivity contribution is 0.270. The van der Waals surface area contributed by atoms with Crippen LogP contribution < -0.4 is 0 Å². The van der Waals surface area contributed by atoms with Crippen molar-refractivity contribution in [3.05, 3.63) is 29.6 Å². The smallest absolute Gasteiger partial charge is 0.0366 e. The van der Waals surface area contributed by atoms with Crippen molar-refractivity contribution in [1.82, 2.24) is 9.88 Å². The van der Waals surface area contributed by atoms with Gasteiger partial charge >= 0.3 is 0 Å². The summed E-state index contributed by atoms with van der Waals surface area (Å²) < 4.78 is 0. The molecule has 76 valence electrons. The summed E-state index contributed by atoms with van der Waals surface area (Å²) in [5.41, 5.74) is 2.80. The van der Waals surface area contributed by atoms with Crippen LogP contribution in [0.1, 0.15) is 36.9 Å². The molecular weight excluding hydrogens is 172 g/mol. The van der Waals surface area contributed by atoms with Gasteiger partial charge in [0.15, 0.2) is 0 Å². The molecule has 0 saturated carbocycles. The van der Waals surface area contributed by atoms with E-state index < -0.39 is 0 Å². The first-order valence-corrected chi connectivity index (χ1v) is 5.47. The van der Waals surface area contributed by atoms with Crippen molar-refractivity contribution >= 4 is 0 Å². The fourth-order valence-corrected chi connectivity index (χ4v) is 2.38. The molecule has 1 aromatic rings. The molecular formula is C12H18N2. The first-order valence-electron chi connectivity index (χ1n) is 5.47. The molecule has 2 nitrogen and oxygen atoms in total. The van der Waals surface area contributed by atoms with Crippen LogP contribution in [0.4, 0.5) is 0 Å². The zero-order valence-electron chi connectivity index (χ0n) is 9.03. The summed E-state index contributed by atoms with van der Waals surface area (Å²) in [6.07, 6.45) is 6.53. The Hall–Kier alpha value is -0.890. The fourth-order valence-electron chi connectivity index (χ4n) is 2.38. The van der Waals surface area contributed by atoms with Crippen LogP contribution in [0.5, 0.6) is 0 Å². The molecule has 0 aliphatic carbocycles. The van der Waals surface area contributed by atoms with E-state index in [1.54, 1.807) is 0 Å². The molecule has 0 radical (unpaired) electrons. The SMILES string of the molecule is CCN1CCC[C@H]1c1cnccc1C. The van der Waals surface area contributed by atoms with Crippen molar-refractivity contribution in [3.63, 3.8) is 0 Å². The van der Waals surface area contributed by atoms with E-state index in [-0.39, 0.29) is 0 Å². The van der Waals surface area contributed by atoms with Crippen LogP contribution in [-0.4, -0.2) is 23.0 Å². The van der Waals surface area contributed by atoms with Gasteiger partial charge in [0.05, 0.1) is 0 Å². The molecule has 1 atom stereocenters. The van der Waals surface area contributed by atoms with E-state index in [4.69, 9.17) is 0 Å². The molecule has 2 heterocycles. The van der Waals surface area contributed by atoms with Gasteiger partial charge in [0.1, 0.15) is 0 Å². The van der Waals surface area contributed by atoms with Gasteiger partial charge in [0.25, 0.3) is 0 Å². The molecule has 1 aliphatic rings. The highest BCUT2D eigenvalue weighted by atomic mass is 15.2. The number of aryl methyl sites for hydroxylation is 1. The van der Waals surface area contributed by atoms with Gasteiger partial charge < -0.3 is 0 Å². The monoisotopic (exact) mass is 190 g/mol. The maximum atomic E-state index is 4.23. The number of rotatable bonds is 2. The van der Waals surface area contributed by atoms with Gasteiger partial charge in [-0.3, -0.25) is 9.88 Å². The largest absolute Gasteiger partial charge is 0.297 e. The maximum absolute atomic E-state index is 4.23. The molecule has 0 unspecified atom stereocenters. The van der Waals surface area contributed by atoms with Gasteiger partial charge in [-0.15, -0.1) is 0 Å². The number of nitrogens with zero attached hydrogens (tertiary/aromatic N) is 2. The van der Waals surface area contributed by atoms with Gasteiger partial charge in [-0.25, -0.2) is 0 Å². The van der Waals surface area contributed by atoms with E-state index in [1.807, 2.05) is 12.4 Å². The summed E-state index contributed by atoms with van der Waals surface area (Å²) in [6, 6.07) is 2.73.